The smallest absolute Gasteiger partial charge is 0.307 e. The maximum Gasteiger partial charge on any atom is 0.307 e. The number of hydrogen-bond acceptors (Lipinski definition) is 2. The molecule has 0 unspecified atom stereocenters. The van der Waals surface area contributed by atoms with E-state index in [1.165, 1.54) is 0 Å². The van der Waals surface area contributed by atoms with E-state index in [0.29, 0.717) is 22.1 Å². The Labute approximate surface area is 116 Å². The largest absolute Gasteiger partial charge is 0.481 e. The van der Waals surface area contributed by atoms with Crippen molar-refractivity contribution < 1.29 is 14.6 Å². The highest BCUT2D eigenvalue weighted by molar-refractivity contribution is 6.30. The van der Waals surface area contributed by atoms with Crippen molar-refractivity contribution in [2.75, 3.05) is 0 Å². The van der Waals surface area contributed by atoms with Crippen LogP contribution in [0.5, 0.6) is 11.5 Å². The van der Waals surface area contributed by atoms with E-state index in [4.69, 9.17) is 21.4 Å². The zero-order valence-electron chi connectivity index (χ0n) is 10.4. The van der Waals surface area contributed by atoms with Gasteiger partial charge in [0.15, 0.2) is 0 Å². The molecule has 4 heteroatoms. The second-order valence-corrected chi connectivity index (χ2v) is 4.67. The van der Waals surface area contributed by atoms with Crippen LogP contribution in [0.4, 0.5) is 0 Å². The Morgan fingerprint density at radius 3 is 2.53 bits per heavy atom. The molecule has 0 saturated heterocycles. The summed E-state index contributed by atoms with van der Waals surface area (Å²) < 4.78 is 5.70. The molecule has 0 radical (unpaired) electrons. The summed E-state index contributed by atoms with van der Waals surface area (Å²) in [5, 5.41) is 9.54. The van der Waals surface area contributed by atoms with E-state index >= 15 is 0 Å². The number of halogens is 1. The fourth-order valence-electron chi connectivity index (χ4n) is 1.74. The van der Waals surface area contributed by atoms with Crippen LogP contribution in [-0.4, -0.2) is 11.1 Å². The number of benzene rings is 2. The van der Waals surface area contributed by atoms with E-state index in [0.717, 1.165) is 5.56 Å². The van der Waals surface area contributed by atoms with E-state index in [1.54, 1.807) is 30.3 Å². The van der Waals surface area contributed by atoms with Crippen LogP contribution in [0.1, 0.15) is 11.1 Å². The lowest BCUT2D eigenvalue weighted by atomic mass is 10.1. The molecule has 19 heavy (non-hydrogen) atoms. The first-order valence-electron chi connectivity index (χ1n) is 5.79. The Morgan fingerprint density at radius 2 is 1.89 bits per heavy atom. The quantitative estimate of drug-likeness (QED) is 0.916. The molecule has 0 spiro atoms. The van der Waals surface area contributed by atoms with E-state index in [2.05, 4.69) is 0 Å². The minimum atomic E-state index is -0.883. The molecule has 0 aromatic heterocycles. The van der Waals surface area contributed by atoms with Gasteiger partial charge in [0.05, 0.1) is 6.42 Å². The van der Waals surface area contributed by atoms with Crippen LogP contribution in [0.15, 0.2) is 42.5 Å². The predicted octanol–water partition coefficient (Wildman–Crippen LogP) is 4.07. The molecule has 98 valence electrons. The normalized spacial score (nSPS) is 10.2. The Bertz CT molecular complexity index is 591. The number of carboxylic acid groups (broad SMARTS) is 1. The second-order valence-electron chi connectivity index (χ2n) is 4.24. The molecule has 0 bridgehead atoms. The molecule has 0 fully saturated rings. The monoisotopic (exact) mass is 276 g/mol. The van der Waals surface area contributed by atoms with Crippen molar-refractivity contribution >= 4 is 17.6 Å². The fourth-order valence-corrected chi connectivity index (χ4v) is 1.86. The first-order valence-corrected chi connectivity index (χ1v) is 6.17. The van der Waals surface area contributed by atoms with Crippen LogP contribution in [0, 0.1) is 6.92 Å². The van der Waals surface area contributed by atoms with E-state index < -0.39 is 5.97 Å². The molecule has 3 nitrogen and oxygen atoms in total. The number of carbonyl (C=O) groups is 1. The summed E-state index contributed by atoms with van der Waals surface area (Å²) in [5.74, 6) is 0.293. The molecule has 2 aromatic carbocycles. The van der Waals surface area contributed by atoms with Gasteiger partial charge in [0.2, 0.25) is 0 Å². The Kier molecular flexibility index (Phi) is 4.07. The summed E-state index contributed by atoms with van der Waals surface area (Å²) in [5.41, 5.74) is 1.65. The molecule has 2 rings (SSSR count). The topological polar surface area (TPSA) is 46.5 Å². The average molecular weight is 277 g/mol. The van der Waals surface area contributed by atoms with Crippen molar-refractivity contribution in [2.24, 2.45) is 0 Å². The third kappa shape index (κ3) is 3.73. The number of ether oxygens (including phenoxy) is 1. The lowest BCUT2D eigenvalue weighted by Crippen LogP contribution is -2.02. The van der Waals surface area contributed by atoms with Gasteiger partial charge in [-0.2, -0.15) is 0 Å². The summed E-state index contributed by atoms with van der Waals surface area (Å²) in [7, 11) is 0. The van der Waals surface area contributed by atoms with E-state index in [1.807, 2.05) is 19.1 Å². The summed E-state index contributed by atoms with van der Waals surface area (Å²) in [6.45, 7) is 1.91. The van der Waals surface area contributed by atoms with Crippen molar-refractivity contribution in [3.05, 3.63) is 58.6 Å². The van der Waals surface area contributed by atoms with Crippen molar-refractivity contribution in [1.29, 1.82) is 0 Å². The second kappa shape index (κ2) is 5.76. The van der Waals surface area contributed by atoms with Crippen LogP contribution < -0.4 is 4.74 Å². The van der Waals surface area contributed by atoms with Crippen molar-refractivity contribution in [2.45, 2.75) is 13.3 Å². The molecule has 0 aliphatic carbocycles. The maximum atomic E-state index is 10.9. The third-order valence-electron chi connectivity index (χ3n) is 2.60. The van der Waals surface area contributed by atoms with Crippen LogP contribution in [0.2, 0.25) is 5.02 Å². The highest BCUT2D eigenvalue weighted by Gasteiger charge is 2.09. The van der Waals surface area contributed by atoms with Gasteiger partial charge in [0.25, 0.3) is 0 Å². The van der Waals surface area contributed by atoms with Crippen molar-refractivity contribution in [3.63, 3.8) is 0 Å². The van der Waals surface area contributed by atoms with E-state index in [9.17, 15) is 4.79 Å². The van der Waals surface area contributed by atoms with Crippen molar-refractivity contribution in [1.82, 2.24) is 0 Å². The molecule has 1 N–H and O–H groups in total. The lowest BCUT2D eigenvalue weighted by Gasteiger charge is -2.11. The minimum Gasteiger partial charge on any atom is -0.481 e. The van der Waals surface area contributed by atoms with Gasteiger partial charge in [-0.25, -0.2) is 0 Å². The molecule has 2 aromatic rings. The van der Waals surface area contributed by atoms with Crippen LogP contribution in [0.3, 0.4) is 0 Å². The van der Waals surface area contributed by atoms with Gasteiger partial charge < -0.3 is 9.84 Å². The summed E-state index contributed by atoms with van der Waals surface area (Å²) in [4.78, 5) is 10.9. The predicted molar refractivity (Wildman–Crippen MR) is 74.0 cm³/mol. The molecular formula is C15H13ClO3. The Hall–Kier alpha value is -2.00. The summed E-state index contributed by atoms with van der Waals surface area (Å²) in [6, 6.07) is 12.4. The summed E-state index contributed by atoms with van der Waals surface area (Å²) >= 11 is 5.80. The van der Waals surface area contributed by atoms with Gasteiger partial charge in [-0.05, 0) is 37.3 Å². The van der Waals surface area contributed by atoms with Gasteiger partial charge in [-0.3, -0.25) is 4.79 Å². The zero-order chi connectivity index (χ0) is 13.8. The summed E-state index contributed by atoms with van der Waals surface area (Å²) in [6.07, 6.45) is -0.0649. The van der Waals surface area contributed by atoms with Crippen molar-refractivity contribution in [3.8, 4) is 11.5 Å². The van der Waals surface area contributed by atoms with Gasteiger partial charge >= 0.3 is 5.97 Å². The van der Waals surface area contributed by atoms with Gasteiger partial charge in [0, 0.05) is 10.6 Å². The first kappa shape index (κ1) is 13.4. The minimum absolute atomic E-state index is 0.0649. The van der Waals surface area contributed by atoms with Gasteiger partial charge in [0.1, 0.15) is 11.5 Å². The average Bonchev–Trinajstić information content (AvgIpc) is 2.34. The number of aliphatic carboxylic acids is 1. The lowest BCUT2D eigenvalue weighted by molar-refractivity contribution is -0.136. The highest BCUT2D eigenvalue weighted by atomic mass is 35.5. The number of hydrogen-bond donors (Lipinski definition) is 1. The zero-order valence-corrected chi connectivity index (χ0v) is 11.1. The molecule has 0 atom stereocenters. The number of carboxylic acids is 1. The molecule has 0 aliphatic heterocycles. The molecular weight excluding hydrogens is 264 g/mol. The van der Waals surface area contributed by atoms with Crippen LogP contribution in [0.25, 0.3) is 0 Å². The Morgan fingerprint density at radius 1 is 1.21 bits per heavy atom. The van der Waals surface area contributed by atoms with Gasteiger partial charge in [-0.1, -0.05) is 29.3 Å². The Balaban J connectivity index is 2.28. The molecule has 0 aliphatic rings. The fraction of sp³-hybridized carbons (Fsp3) is 0.133. The first-order chi connectivity index (χ1) is 9.04. The van der Waals surface area contributed by atoms with E-state index in [-0.39, 0.29) is 6.42 Å². The standard InChI is InChI=1S/C15H13ClO3/c1-10-2-7-14(11(8-10)9-15(17)18)19-13-5-3-12(16)4-6-13/h2-8H,9H2,1H3,(H,17,18). The van der Waals surface area contributed by atoms with Crippen LogP contribution >= 0.6 is 11.6 Å². The van der Waals surface area contributed by atoms with Gasteiger partial charge in [-0.15, -0.1) is 0 Å². The van der Waals surface area contributed by atoms with Crippen LogP contribution in [-0.2, 0) is 11.2 Å². The molecule has 0 amide bonds. The SMILES string of the molecule is Cc1ccc(Oc2ccc(Cl)cc2)c(CC(=O)O)c1. The molecule has 0 saturated carbocycles. The third-order valence-corrected chi connectivity index (χ3v) is 2.85. The molecule has 0 heterocycles. The number of aryl methyl sites for hydroxylation is 1. The highest BCUT2D eigenvalue weighted by Crippen LogP contribution is 2.27. The maximum absolute atomic E-state index is 10.9. The number of rotatable bonds is 4.